The Morgan fingerprint density at radius 2 is 1.96 bits per heavy atom. The summed E-state index contributed by atoms with van der Waals surface area (Å²) in [7, 11) is 0. The molecule has 126 valence electrons. The normalized spacial score (nSPS) is 10.9. The molecule has 25 heavy (non-hydrogen) atoms. The molecular formula is C19H15BrN2O3. The molecule has 0 bridgehead atoms. The van der Waals surface area contributed by atoms with E-state index in [9.17, 15) is 9.90 Å². The lowest BCUT2D eigenvalue weighted by molar-refractivity contribution is -0.123. The number of ether oxygens (including phenoxy) is 1. The van der Waals surface area contributed by atoms with Gasteiger partial charge < -0.3 is 9.84 Å². The lowest BCUT2D eigenvalue weighted by Crippen LogP contribution is -2.24. The topological polar surface area (TPSA) is 70.9 Å². The molecular weight excluding hydrogens is 384 g/mol. The van der Waals surface area contributed by atoms with Gasteiger partial charge in [0.1, 0.15) is 11.5 Å². The molecule has 5 nitrogen and oxygen atoms in total. The first kappa shape index (κ1) is 17.0. The molecule has 0 aliphatic heterocycles. The van der Waals surface area contributed by atoms with Crippen LogP contribution in [0.25, 0.3) is 10.8 Å². The number of hydrogen-bond donors (Lipinski definition) is 2. The second-order valence-electron chi connectivity index (χ2n) is 5.26. The fourth-order valence-corrected chi connectivity index (χ4v) is 2.68. The van der Waals surface area contributed by atoms with Gasteiger partial charge >= 0.3 is 0 Å². The van der Waals surface area contributed by atoms with E-state index < -0.39 is 5.91 Å². The summed E-state index contributed by atoms with van der Waals surface area (Å²) in [4.78, 5) is 11.9. The average molecular weight is 399 g/mol. The maximum atomic E-state index is 11.9. The van der Waals surface area contributed by atoms with Crippen LogP contribution >= 0.6 is 15.9 Å². The van der Waals surface area contributed by atoms with Gasteiger partial charge in [0.2, 0.25) is 0 Å². The third-order valence-electron chi connectivity index (χ3n) is 3.49. The van der Waals surface area contributed by atoms with Crippen LogP contribution in [-0.2, 0) is 4.79 Å². The van der Waals surface area contributed by atoms with Gasteiger partial charge in [0, 0.05) is 15.4 Å². The van der Waals surface area contributed by atoms with Crippen molar-refractivity contribution in [3.8, 4) is 11.5 Å². The highest BCUT2D eigenvalue weighted by Crippen LogP contribution is 2.25. The fraction of sp³-hybridized carbons (Fsp3) is 0.0526. The van der Waals surface area contributed by atoms with Crippen molar-refractivity contribution in [3.63, 3.8) is 0 Å². The van der Waals surface area contributed by atoms with Crippen LogP contribution in [0.1, 0.15) is 5.56 Å². The molecule has 0 aromatic heterocycles. The first-order chi connectivity index (χ1) is 12.1. The Hall–Kier alpha value is -2.86. The number of nitrogens with one attached hydrogen (secondary N) is 1. The number of amides is 1. The lowest BCUT2D eigenvalue weighted by Gasteiger charge is -2.08. The minimum atomic E-state index is -0.390. The van der Waals surface area contributed by atoms with Gasteiger partial charge in [0.15, 0.2) is 6.61 Å². The van der Waals surface area contributed by atoms with Crippen molar-refractivity contribution < 1.29 is 14.6 Å². The zero-order valence-corrected chi connectivity index (χ0v) is 14.7. The summed E-state index contributed by atoms with van der Waals surface area (Å²) in [6, 6.07) is 18.4. The highest BCUT2D eigenvalue weighted by Gasteiger charge is 2.05. The predicted molar refractivity (Wildman–Crippen MR) is 101 cm³/mol. The summed E-state index contributed by atoms with van der Waals surface area (Å²) in [5, 5.41) is 15.5. The summed E-state index contributed by atoms with van der Waals surface area (Å²) in [6.45, 7) is -0.157. The van der Waals surface area contributed by atoms with Gasteiger partial charge in [-0.15, -0.1) is 0 Å². The van der Waals surface area contributed by atoms with E-state index in [4.69, 9.17) is 4.74 Å². The van der Waals surface area contributed by atoms with E-state index in [1.165, 1.54) is 12.3 Å². The van der Waals surface area contributed by atoms with E-state index in [0.29, 0.717) is 11.3 Å². The average Bonchev–Trinajstić information content (AvgIpc) is 2.63. The van der Waals surface area contributed by atoms with Crippen molar-refractivity contribution in [2.75, 3.05) is 6.61 Å². The minimum absolute atomic E-state index is 0.0770. The fourth-order valence-electron chi connectivity index (χ4n) is 2.30. The number of rotatable bonds is 5. The Morgan fingerprint density at radius 3 is 2.84 bits per heavy atom. The molecule has 6 heteroatoms. The van der Waals surface area contributed by atoms with Crippen LogP contribution in [0.3, 0.4) is 0 Å². The van der Waals surface area contributed by atoms with Crippen molar-refractivity contribution >= 4 is 38.8 Å². The monoisotopic (exact) mass is 398 g/mol. The Kier molecular flexibility index (Phi) is 5.30. The van der Waals surface area contributed by atoms with Crippen LogP contribution < -0.4 is 10.2 Å². The third-order valence-corrected chi connectivity index (χ3v) is 3.98. The number of carbonyl (C=O) groups is 1. The van der Waals surface area contributed by atoms with E-state index in [1.807, 2.05) is 42.5 Å². The van der Waals surface area contributed by atoms with E-state index in [-0.39, 0.29) is 12.4 Å². The summed E-state index contributed by atoms with van der Waals surface area (Å²) in [5.74, 6) is 0.328. The van der Waals surface area contributed by atoms with Crippen LogP contribution in [0.5, 0.6) is 11.5 Å². The number of hydrazone groups is 1. The highest BCUT2D eigenvalue weighted by molar-refractivity contribution is 9.10. The van der Waals surface area contributed by atoms with Crippen LogP contribution in [0, 0.1) is 0 Å². The first-order valence-electron chi connectivity index (χ1n) is 7.54. The van der Waals surface area contributed by atoms with E-state index >= 15 is 0 Å². The smallest absolute Gasteiger partial charge is 0.277 e. The minimum Gasteiger partial charge on any atom is -0.507 e. The number of phenolic OH excluding ortho intramolecular Hbond substituents is 1. The van der Waals surface area contributed by atoms with E-state index in [0.717, 1.165) is 15.2 Å². The molecule has 0 heterocycles. The molecule has 0 aliphatic rings. The Balaban J connectivity index is 1.59. The first-order valence-corrected chi connectivity index (χ1v) is 8.34. The maximum Gasteiger partial charge on any atom is 0.277 e. The predicted octanol–water partition coefficient (Wildman–Crippen LogP) is 3.84. The van der Waals surface area contributed by atoms with Crippen molar-refractivity contribution in [2.45, 2.75) is 0 Å². The Labute approximate surface area is 153 Å². The van der Waals surface area contributed by atoms with Crippen LogP contribution in [0.4, 0.5) is 0 Å². The number of benzene rings is 3. The number of halogens is 1. The van der Waals surface area contributed by atoms with Crippen LogP contribution in [0.15, 0.2) is 70.2 Å². The molecule has 0 saturated heterocycles. The molecule has 0 unspecified atom stereocenters. The second kappa shape index (κ2) is 7.81. The standard InChI is InChI=1S/C19H15BrN2O3/c20-15-8-9-17(23)14(10-15)11-21-22-19(24)12-25-18-7-3-5-13-4-1-2-6-16(13)18/h1-11,23H,12H2,(H,22,24)/b21-11+. The third kappa shape index (κ3) is 4.36. The van der Waals surface area contributed by atoms with Crippen LogP contribution in [-0.4, -0.2) is 23.8 Å². The number of hydrogen-bond acceptors (Lipinski definition) is 4. The lowest BCUT2D eigenvalue weighted by atomic mass is 10.1. The quantitative estimate of drug-likeness (QED) is 0.506. The van der Waals surface area contributed by atoms with Crippen molar-refractivity contribution in [3.05, 3.63) is 70.7 Å². The SMILES string of the molecule is O=C(COc1cccc2ccccc12)N/N=C/c1cc(Br)ccc1O. The summed E-state index contributed by atoms with van der Waals surface area (Å²) in [6.07, 6.45) is 1.37. The largest absolute Gasteiger partial charge is 0.507 e. The molecule has 0 aliphatic carbocycles. The molecule has 0 atom stereocenters. The molecule has 1 amide bonds. The number of nitrogens with zero attached hydrogens (tertiary/aromatic N) is 1. The van der Waals surface area contributed by atoms with Gasteiger partial charge in [0.05, 0.1) is 6.21 Å². The highest BCUT2D eigenvalue weighted by atomic mass is 79.9. The maximum absolute atomic E-state index is 11.9. The second-order valence-corrected chi connectivity index (χ2v) is 6.18. The Bertz CT molecular complexity index is 936. The summed E-state index contributed by atoms with van der Waals surface area (Å²) >= 11 is 3.31. The summed E-state index contributed by atoms with van der Waals surface area (Å²) < 4.78 is 6.39. The number of aromatic hydroxyl groups is 1. The molecule has 3 aromatic rings. The zero-order chi connectivity index (χ0) is 17.6. The van der Waals surface area contributed by atoms with Crippen LogP contribution in [0.2, 0.25) is 0 Å². The molecule has 3 rings (SSSR count). The van der Waals surface area contributed by atoms with Gasteiger partial charge in [-0.05, 0) is 29.7 Å². The summed E-state index contributed by atoms with van der Waals surface area (Å²) in [5.41, 5.74) is 2.87. The molecule has 0 saturated carbocycles. The Morgan fingerprint density at radius 1 is 1.16 bits per heavy atom. The molecule has 0 spiro atoms. The van der Waals surface area contributed by atoms with E-state index in [1.54, 1.807) is 12.1 Å². The molecule has 0 fully saturated rings. The number of carbonyl (C=O) groups excluding carboxylic acids is 1. The van der Waals surface area contributed by atoms with Gasteiger partial charge in [-0.3, -0.25) is 4.79 Å². The van der Waals surface area contributed by atoms with Gasteiger partial charge in [-0.1, -0.05) is 52.3 Å². The number of phenols is 1. The van der Waals surface area contributed by atoms with E-state index in [2.05, 4.69) is 26.5 Å². The number of fused-ring (bicyclic) bond motifs is 1. The van der Waals surface area contributed by atoms with Crippen molar-refractivity contribution in [2.24, 2.45) is 5.10 Å². The zero-order valence-electron chi connectivity index (χ0n) is 13.1. The molecule has 3 aromatic carbocycles. The molecule has 0 radical (unpaired) electrons. The van der Waals surface area contributed by atoms with Gasteiger partial charge in [-0.2, -0.15) is 5.10 Å². The van der Waals surface area contributed by atoms with Crippen molar-refractivity contribution in [1.29, 1.82) is 0 Å². The van der Waals surface area contributed by atoms with Crippen molar-refractivity contribution in [1.82, 2.24) is 5.43 Å². The molecule has 2 N–H and O–H groups in total. The van der Waals surface area contributed by atoms with Gasteiger partial charge in [-0.25, -0.2) is 5.43 Å². The van der Waals surface area contributed by atoms with Gasteiger partial charge in [0.25, 0.3) is 5.91 Å².